The van der Waals surface area contributed by atoms with Crippen molar-refractivity contribution in [1.82, 2.24) is 5.32 Å². The Morgan fingerprint density at radius 1 is 0.730 bits per heavy atom. The molecular weight excluding hydrogens is 469 g/mol. The quantitative estimate of drug-likeness (QED) is 0.288. The number of benzene rings is 3. The van der Waals surface area contributed by atoms with Crippen molar-refractivity contribution in [3.8, 4) is 0 Å². The Labute approximate surface area is 225 Å². The Kier molecular flexibility index (Phi) is 9.15. The zero-order chi connectivity index (χ0) is 26.6. The van der Waals surface area contributed by atoms with Gasteiger partial charge in [0, 0.05) is 17.0 Å². The molecule has 1 fully saturated rings. The minimum absolute atomic E-state index is 0.0755. The van der Waals surface area contributed by atoms with Crippen molar-refractivity contribution >= 4 is 12.4 Å². The third kappa shape index (κ3) is 6.13. The largest absolute Gasteiger partial charge is 0.316 e. The van der Waals surface area contributed by atoms with E-state index in [0.29, 0.717) is 23.7 Å². The molecule has 1 aliphatic rings. The molecule has 0 amide bonds. The van der Waals surface area contributed by atoms with Gasteiger partial charge < -0.3 is 4.57 Å². The number of rotatable bonds is 9. The molecule has 1 saturated carbocycles. The zero-order valence-electron chi connectivity index (χ0n) is 23.6. The van der Waals surface area contributed by atoms with Crippen LogP contribution >= 0.6 is 7.14 Å². The number of nitrogens with one attached hydrogen (secondary N) is 1. The molecule has 0 saturated heterocycles. The van der Waals surface area contributed by atoms with Gasteiger partial charge in [0.2, 0.25) is 0 Å². The summed E-state index contributed by atoms with van der Waals surface area (Å²) in [6, 6.07) is 30.0. The summed E-state index contributed by atoms with van der Waals surface area (Å²) in [4.78, 5) is 0. The van der Waals surface area contributed by atoms with E-state index in [1.54, 1.807) is 0 Å². The molecule has 37 heavy (non-hydrogen) atoms. The van der Waals surface area contributed by atoms with Crippen LogP contribution < -0.4 is 10.6 Å². The lowest BCUT2D eigenvalue weighted by molar-refractivity contribution is 0.235. The number of hydrogen-bond donors (Lipinski definition) is 1. The number of hydrogen-bond acceptors (Lipinski definition) is 2. The van der Waals surface area contributed by atoms with Crippen LogP contribution in [0.2, 0.25) is 0 Å². The lowest BCUT2D eigenvalue weighted by atomic mass is 9.77. The van der Waals surface area contributed by atoms with Gasteiger partial charge in [-0.25, -0.2) is 0 Å². The smallest absolute Gasteiger partial charge is 0.139 e. The molecule has 0 aliphatic heterocycles. The summed E-state index contributed by atoms with van der Waals surface area (Å²) in [6.45, 7) is 13.7. The molecule has 4 rings (SSSR count). The topological polar surface area (TPSA) is 29.1 Å². The first kappa shape index (κ1) is 27.9. The Hall–Kier alpha value is -2.15. The highest BCUT2D eigenvalue weighted by atomic mass is 31.2. The Balaban J connectivity index is 1.89. The predicted octanol–water partition coefficient (Wildman–Crippen LogP) is 9.31. The van der Waals surface area contributed by atoms with Gasteiger partial charge in [-0.15, -0.1) is 0 Å². The van der Waals surface area contributed by atoms with Gasteiger partial charge in [0.25, 0.3) is 0 Å². The fourth-order valence-corrected chi connectivity index (χ4v) is 10.8. The molecule has 3 heteroatoms. The van der Waals surface area contributed by atoms with Crippen LogP contribution in [0.3, 0.4) is 0 Å². The average Bonchev–Trinajstić information content (AvgIpc) is 2.92. The van der Waals surface area contributed by atoms with Gasteiger partial charge in [0.05, 0.1) is 5.78 Å². The molecule has 0 bridgehead atoms. The van der Waals surface area contributed by atoms with Crippen LogP contribution in [0.1, 0.15) is 95.2 Å². The lowest BCUT2D eigenvalue weighted by Gasteiger charge is -2.45. The molecule has 3 aromatic rings. The highest BCUT2D eigenvalue weighted by molar-refractivity contribution is 7.72. The Bertz CT molecular complexity index is 1160. The third-order valence-corrected chi connectivity index (χ3v) is 12.5. The molecule has 0 spiro atoms. The summed E-state index contributed by atoms with van der Waals surface area (Å²) in [5.41, 5.74) is 3.84. The maximum absolute atomic E-state index is 16.1. The molecule has 1 unspecified atom stereocenters. The molecule has 2 nitrogen and oxygen atoms in total. The molecule has 3 aromatic carbocycles. The van der Waals surface area contributed by atoms with Crippen molar-refractivity contribution in [3.05, 3.63) is 102 Å². The van der Waals surface area contributed by atoms with Gasteiger partial charge in [0.15, 0.2) is 0 Å². The normalized spacial score (nSPS) is 23.5. The van der Waals surface area contributed by atoms with Crippen LogP contribution in [0.5, 0.6) is 0 Å². The van der Waals surface area contributed by atoms with Gasteiger partial charge in [-0.3, -0.25) is 5.32 Å². The summed E-state index contributed by atoms with van der Waals surface area (Å²) in [5.74, 6) is 1.77. The fraction of sp³-hybridized carbons (Fsp3) is 0.471. The van der Waals surface area contributed by atoms with Crippen LogP contribution in [-0.2, 0) is 4.57 Å². The van der Waals surface area contributed by atoms with E-state index in [1.807, 2.05) is 6.07 Å². The summed E-state index contributed by atoms with van der Waals surface area (Å²) in [5, 5.41) is 4.96. The molecule has 1 N–H and O–H groups in total. The van der Waals surface area contributed by atoms with E-state index in [9.17, 15) is 0 Å². The van der Waals surface area contributed by atoms with Gasteiger partial charge in [-0.1, -0.05) is 126 Å². The minimum atomic E-state index is -2.95. The van der Waals surface area contributed by atoms with E-state index < -0.39 is 7.14 Å². The van der Waals surface area contributed by atoms with E-state index in [0.717, 1.165) is 23.7 Å². The molecule has 6 atom stereocenters. The van der Waals surface area contributed by atoms with Gasteiger partial charge in [0.1, 0.15) is 7.14 Å². The standard InChI is InChI=1S/C34H46NOP/c1-24(2)28-18-20-30(21-19-28)34(35-27(6)29-13-9-7-10-14-29)37(36,31-15-11-8-12-16-31)33-23-26(5)17-22-32(33)25(3)4/h7-16,18-21,24-27,32-35H,17,22-23H2,1-6H3/t26-,27+,32+,33?,34-,37+/m1/s1. The lowest BCUT2D eigenvalue weighted by Crippen LogP contribution is -2.39. The molecule has 198 valence electrons. The summed E-state index contributed by atoms with van der Waals surface area (Å²) < 4.78 is 16.1. The van der Waals surface area contributed by atoms with Crippen LogP contribution in [0.15, 0.2) is 84.9 Å². The van der Waals surface area contributed by atoms with Gasteiger partial charge in [-0.05, 0) is 60.1 Å². The van der Waals surface area contributed by atoms with E-state index in [2.05, 4.69) is 126 Å². The molecule has 0 radical (unpaired) electrons. The molecular formula is C34H46NOP. The SMILES string of the molecule is CC(C)c1ccc([C@H](N[C@@H](C)c2ccccc2)[P@](=O)(c2ccccc2)C2C[C@H](C)CC[C@H]2C(C)C)cc1. The third-order valence-electron chi connectivity index (χ3n) is 8.65. The van der Waals surface area contributed by atoms with Crippen LogP contribution in [-0.4, -0.2) is 5.66 Å². The molecule has 0 aromatic heterocycles. The highest BCUT2D eigenvalue weighted by Gasteiger charge is 2.49. The first-order valence-corrected chi connectivity index (χ1v) is 16.1. The van der Waals surface area contributed by atoms with E-state index in [4.69, 9.17) is 0 Å². The maximum Gasteiger partial charge on any atom is 0.139 e. The summed E-state index contributed by atoms with van der Waals surface area (Å²) >= 11 is 0. The summed E-state index contributed by atoms with van der Waals surface area (Å²) in [7, 11) is -2.95. The second kappa shape index (κ2) is 12.1. The van der Waals surface area contributed by atoms with Crippen molar-refractivity contribution in [2.24, 2.45) is 17.8 Å². The van der Waals surface area contributed by atoms with Crippen molar-refractivity contribution < 1.29 is 4.57 Å². The summed E-state index contributed by atoms with van der Waals surface area (Å²) in [6.07, 6.45) is 3.42. The molecule has 1 aliphatic carbocycles. The van der Waals surface area contributed by atoms with E-state index >= 15 is 4.57 Å². The first-order valence-electron chi connectivity index (χ1n) is 14.3. The van der Waals surface area contributed by atoms with Gasteiger partial charge >= 0.3 is 0 Å². The fourth-order valence-electron chi connectivity index (χ4n) is 6.35. The van der Waals surface area contributed by atoms with E-state index in [-0.39, 0.29) is 17.5 Å². The van der Waals surface area contributed by atoms with Crippen molar-refractivity contribution in [1.29, 1.82) is 0 Å². The van der Waals surface area contributed by atoms with Crippen molar-refractivity contribution in [2.75, 3.05) is 0 Å². The second-order valence-electron chi connectivity index (χ2n) is 12.0. The van der Waals surface area contributed by atoms with Crippen molar-refractivity contribution in [3.63, 3.8) is 0 Å². The van der Waals surface area contributed by atoms with Crippen LogP contribution in [0.4, 0.5) is 0 Å². The Morgan fingerprint density at radius 2 is 1.30 bits per heavy atom. The van der Waals surface area contributed by atoms with Gasteiger partial charge in [-0.2, -0.15) is 0 Å². The average molecular weight is 516 g/mol. The first-order chi connectivity index (χ1) is 17.7. The van der Waals surface area contributed by atoms with E-state index in [1.165, 1.54) is 17.5 Å². The Morgan fingerprint density at radius 3 is 1.86 bits per heavy atom. The van der Waals surface area contributed by atoms with Crippen LogP contribution in [0.25, 0.3) is 0 Å². The predicted molar refractivity (Wildman–Crippen MR) is 160 cm³/mol. The molecule has 0 heterocycles. The zero-order valence-corrected chi connectivity index (χ0v) is 24.5. The maximum atomic E-state index is 16.1. The van der Waals surface area contributed by atoms with Crippen molar-refractivity contribution in [2.45, 2.75) is 84.2 Å². The second-order valence-corrected chi connectivity index (χ2v) is 15.1. The monoisotopic (exact) mass is 515 g/mol. The van der Waals surface area contributed by atoms with Crippen LogP contribution in [0, 0.1) is 17.8 Å². The highest BCUT2D eigenvalue weighted by Crippen LogP contribution is 2.66. The minimum Gasteiger partial charge on any atom is -0.316 e.